The van der Waals surface area contributed by atoms with Crippen LogP contribution in [0.25, 0.3) is 0 Å². The van der Waals surface area contributed by atoms with E-state index in [1.54, 1.807) is 0 Å². The zero-order valence-electron chi connectivity index (χ0n) is 10.3. The highest BCUT2D eigenvalue weighted by molar-refractivity contribution is 6.35. The number of rotatable bonds is 2. The quantitative estimate of drug-likeness (QED) is 0.850. The number of carbonyl (C=O) groups excluding carboxylic acids is 1. The van der Waals surface area contributed by atoms with Gasteiger partial charge in [0.2, 0.25) is 5.91 Å². The predicted molar refractivity (Wildman–Crippen MR) is 70.5 cm³/mol. The second kappa shape index (κ2) is 4.00. The lowest BCUT2D eigenvalue weighted by molar-refractivity contribution is -0.119. The maximum absolute atomic E-state index is 11.8. The summed E-state index contributed by atoms with van der Waals surface area (Å²) < 4.78 is 0. The number of carbonyl (C=O) groups is 1. The van der Waals surface area contributed by atoms with E-state index in [0.717, 1.165) is 23.2 Å². The summed E-state index contributed by atoms with van der Waals surface area (Å²) in [6.45, 7) is 5.76. The molecule has 1 amide bonds. The van der Waals surface area contributed by atoms with Gasteiger partial charge in [0, 0.05) is 6.04 Å². The van der Waals surface area contributed by atoms with Crippen LogP contribution in [0.15, 0.2) is 12.1 Å². The molecule has 1 heterocycles. The number of anilines is 1. The third-order valence-corrected chi connectivity index (χ3v) is 3.49. The van der Waals surface area contributed by atoms with Crippen LogP contribution in [-0.2, 0) is 16.6 Å². The molecule has 92 valence electrons. The lowest BCUT2D eigenvalue weighted by atomic mass is 9.85. The van der Waals surface area contributed by atoms with Crippen molar-refractivity contribution in [2.45, 2.75) is 38.6 Å². The Bertz CT molecular complexity index is 481. The summed E-state index contributed by atoms with van der Waals surface area (Å²) in [7, 11) is 0. The molecule has 0 radical (unpaired) electrons. The van der Waals surface area contributed by atoms with Gasteiger partial charge < -0.3 is 11.1 Å². The zero-order chi connectivity index (χ0) is 12.8. The summed E-state index contributed by atoms with van der Waals surface area (Å²) in [5.74, 6) is -0.00709. The Labute approximate surface area is 106 Å². The molecule has 17 heavy (non-hydrogen) atoms. The smallest absolute Gasteiger partial charge is 0.234 e. The van der Waals surface area contributed by atoms with Gasteiger partial charge in [-0.1, -0.05) is 17.7 Å². The second-order valence-electron chi connectivity index (χ2n) is 5.26. The van der Waals surface area contributed by atoms with Crippen LogP contribution in [0.2, 0.25) is 5.02 Å². The lowest BCUT2D eigenvalue weighted by Gasteiger charge is -2.16. The van der Waals surface area contributed by atoms with Gasteiger partial charge >= 0.3 is 0 Å². The molecule has 1 atom stereocenters. The first-order chi connectivity index (χ1) is 7.82. The van der Waals surface area contributed by atoms with Crippen LogP contribution in [-0.4, -0.2) is 11.9 Å². The van der Waals surface area contributed by atoms with E-state index >= 15 is 0 Å². The standard InChI is InChI=1S/C13H17ClN2O/c1-7(15)4-8-5-9-11(10(14)6-8)16-12(17)13(9,2)3/h5-7H,4,15H2,1-3H3,(H,16,17). The Morgan fingerprint density at radius 3 is 2.71 bits per heavy atom. The molecule has 0 saturated carbocycles. The van der Waals surface area contributed by atoms with Gasteiger partial charge in [-0.25, -0.2) is 0 Å². The van der Waals surface area contributed by atoms with Gasteiger partial charge in [-0.05, 0) is 44.4 Å². The van der Waals surface area contributed by atoms with E-state index in [2.05, 4.69) is 5.32 Å². The van der Waals surface area contributed by atoms with Crippen LogP contribution in [0.4, 0.5) is 5.69 Å². The highest BCUT2D eigenvalue weighted by Gasteiger charge is 2.39. The van der Waals surface area contributed by atoms with Gasteiger partial charge in [0.15, 0.2) is 0 Å². The van der Waals surface area contributed by atoms with Crippen LogP contribution in [0, 0.1) is 0 Å². The zero-order valence-corrected chi connectivity index (χ0v) is 11.1. The van der Waals surface area contributed by atoms with Crippen LogP contribution in [0.3, 0.4) is 0 Å². The Kier molecular flexibility index (Phi) is 2.92. The summed E-state index contributed by atoms with van der Waals surface area (Å²) in [4.78, 5) is 11.8. The molecule has 1 unspecified atom stereocenters. The molecule has 0 fully saturated rings. The minimum Gasteiger partial charge on any atom is -0.328 e. The first kappa shape index (κ1) is 12.4. The molecule has 4 heteroatoms. The number of halogens is 1. The molecule has 0 aliphatic carbocycles. The third kappa shape index (κ3) is 2.05. The summed E-state index contributed by atoms with van der Waals surface area (Å²) in [6.07, 6.45) is 0.761. The Morgan fingerprint density at radius 1 is 1.47 bits per heavy atom. The van der Waals surface area contributed by atoms with E-state index in [1.165, 1.54) is 0 Å². The second-order valence-corrected chi connectivity index (χ2v) is 5.67. The van der Waals surface area contributed by atoms with Gasteiger partial charge in [-0.15, -0.1) is 0 Å². The molecule has 0 bridgehead atoms. The van der Waals surface area contributed by atoms with Crippen LogP contribution in [0.1, 0.15) is 31.9 Å². The summed E-state index contributed by atoms with van der Waals surface area (Å²) in [5, 5.41) is 3.43. The summed E-state index contributed by atoms with van der Waals surface area (Å²) >= 11 is 6.20. The summed E-state index contributed by atoms with van der Waals surface area (Å²) in [6, 6.07) is 3.99. The minimum atomic E-state index is -0.521. The Balaban J connectivity index is 2.51. The van der Waals surface area contributed by atoms with E-state index < -0.39 is 5.41 Å². The predicted octanol–water partition coefficient (Wildman–Crippen LogP) is 2.46. The molecular weight excluding hydrogens is 236 g/mol. The molecule has 1 aromatic carbocycles. The fourth-order valence-corrected chi connectivity index (χ4v) is 2.45. The van der Waals surface area contributed by atoms with Crippen molar-refractivity contribution in [3.05, 3.63) is 28.3 Å². The largest absolute Gasteiger partial charge is 0.328 e. The summed E-state index contributed by atoms with van der Waals surface area (Å²) in [5.41, 5.74) is 8.05. The monoisotopic (exact) mass is 252 g/mol. The number of amides is 1. The first-order valence-electron chi connectivity index (χ1n) is 5.72. The molecule has 1 aliphatic heterocycles. The molecule has 0 saturated heterocycles. The number of hydrogen-bond acceptors (Lipinski definition) is 2. The number of benzene rings is 1. The maximum Gasteiger partial charge on any atom is 0.234 e. The van der Waals surface area contributed by atoms with E-state index in [9.17, 15) is 4.79 Å². The Hall–Kier alpha value is -1.06. The highest BCUT2D eigenvalue weighted by Crippen LogP contribution is 2.42. The molecule has 3 nitrogen and oxygen atoms in total. The van der Waals surface area contributed by atoms with Crippen LogP contribution < -0.4 is 11.1 Å². The molecule has 1 aliphatic rings. The fourth-order valence-electron chi connectivity index (χ4n) is 2.16. The molecule has 1 aromatic rings. The maximum atomic E-state index is 11.8. The van der Waals surface area contributed by atoms with Crippen molar-refractivity contribution in [3.63, 3.8) is 0 Å². The van der Waals surface area contributed by atoms with Crippen molar-refractivity contribution >= 4 is 23.2 Å². The van der Waals surface area contributed by atoms with Crippen molar-refractivity contribution in [3.8, 4) is 0 Å². The van der Waals surface area contributed by atoms with E-state index in [4.69, 9.17) is 17.3 Å². The number of hydrogen-bond donors (Lipinski definition) is 2. The van der Waals surface area contributed by atoms with Crippen LogP contribution in [0.5, 0.6) is 0 Å². The number of nitrogens with two attached hydrogens (primary N) is 1. The third-order valence-electron chi connectivity index (χ3n) is 3.19. The van der Waals surface area contributed by atoms with Gasteiger partial charge in [-0.2, -0.15) is 0 Å². The van der Waals surface area contributed by atoms with Gasteiger partial charge in [0.1, 0.15) is 0 Å². The first-order valence-corrected chi connectivity index (χ1v) is 6.10. The van der Waals surface area contributed by atoms with Gasteiger partial charge in [0.05, 0.1) is 16.1 Å². The van der Waals surface area contributed by atoms with Crippen molar-refractivity contribution in [2.24, 2.45) is 5.73 Å². The van der Waals surface area contributed by atoms with E-state index in [-0.39, 0.29) is 11.9 Å². The van der Waals surface area contributed by atoms with Gasteiger partial charge in [-0.3, -0.25) is 4.79 Å². The average molecular weight is 253 g/mol. The van der Waals surface area contributed by atoms with Crippen molar-refractivity contribution in [1.82, 2.24) is 0 Å². The van der Waals surface area contributed by atoms with Crippen molar-refractivity contribution in [2.75, 3.05) is 5.32 Å². The molecule has 3 N–H and O–H groups in total. The number of nitrogens with one attached hydrogen (secondary N) is 1. The average Bonchev–Trinajstić information content (AvgIpc) is 2.40. The Morgan fingerprint density at radius 2 is 2.12 bits per heavy atom. The van der Waals surface area contributed by atoms with Gasteiger partial charge in [0.25, 0.3) is 0 Å². The van der Waals surface area contributed by atoms with E-state index in [1.807, 2.05) is 32.9 Å². The van der Waals surface area contributed by atoms with Crippen molar-refractivity contribution in [1.29, 1.82) is 0 Å². The molecule has 0 aromatic heterocycles. The highest BCUT2D eigenvalue weighted by atomic mass is 35.5. The normalized spacial score (nSPS) is 18.8. The van der Waals surface area contributed by atoms with E-state index in [0.29, 0.717) is 5.02 Å². The van der Waals surface area contributed by atoms with Crippen LogP contribution >= 0.6 is 11.6 Å². The SMILES string of the molecule is CC(N)Cc1cc(Cl)c2c(c1)C(C)(C)C(=O)N2. The topological polar surface area (TPSA) is 55.1 Å². The lowest BCUT2D eigenvalue weighted by Crippen LogP contribution is -2.27. The van der Waals surface area contributed by atoms with Crippen molar-refractivity contribution < 1.29 is 4.79 Å². The fraction of sp³-hybridized carbons (Fsp3) is 0.462. The number of fused-ring (bicyclic) bond motifs is 1. The minimum absolute atomic E-state index is 0.00709. The molecular formula is C13H17ClN2O. The molecule has 0 spiro atoms. The molecule has 2 rings (SSSR count).